The average Bonchev–Trinajstić information content (AvgIpc) is 2.82. The molecule has 1 heterocycles. The summed E-state index contributed by atoms with van der Waals surface area (Å²) < 4.78 is 11.9. The van der Waals surface area contributed by atoms with Crippen molar-refractivity contribution in [1.29, 1.82) is 0 Å². The topological polar surface area (TPSA) is 125 Å². The minimum absolute atomic E-state index is 0.166. The molecule has 0 atom stereocenters. The smallest absolute Gasteiger partial charge is 0.307 e. The molecule has 1 aliphatic heterocycles. The highest BCUT2D eigenvalue weighted by Gasteiger charge is 2.17. The number of hydrogen-bond donors (Lipinski definition) is 3. The summed E-state index contributed by atoms with van der Waals surface area (Å²) in [5.74, 6) is -0.507. The zero-order valence-corrected chi connectivity index (χ0v) is 17.9. The van der Waals surface area contributed by atoms with Crippen molar-refractivity contribution in [2.75, 3.05) is 6.61 Å². The van der Waals surface area contributed by atoms with E-state index in [0.29, 0.717) is 24.5 Å². The van der Waals surface area contributed by atoms with E-state index < -0.39 is 11.9 Å². The van der Waals surface area contributed by atoms with Crippen molar-refractivity contribution in [1.82, 2.24) is 0 Å². The summed E-state index contributed by atoms with van der Waals surface area (Å²) in [7, 11) is 0. The Balaban J connectivity index is 1.70. The summed E-state index contributed by atoms with van der Waals surface area (Å²) in [4.78, 5) is 22.8. The predicted octanol–water partition coefficient (Wildman–Crippen LogP) is 3.52. The fourth-order valence-corrected chi connectivity index (χ4v) is 3.78. The molecule has 0 aliphatic carbocycles. The molecule has 0 saturated heterocycles. The van der Waals surface area contributed by atoms with Gasteiger partial charge in [0.05, 0.1) is 6.42 Å². The highest BCUT2D eigenvalue weighted by atomic mass is 16.5. The molecule has 0 spiro atoms. The van der Waals surface area contributed by atoms with Gasteiger partial charge >= 0.3 is 5.97 Å². The Morgan fingerprint density at radius 1 is 1.06 bits per heavy atom. The van der Waals surface area contributed by atoms with E-state index >= 15 is 0 Å². The summed E-state index contributed by atoms with van der Waals surface area (Å²) >= 11 is 0. The number of carboxylic acids is 1. The van der Waals surface area contributed by atoms with Crippen LogP contribution in [0.2, 0.25) is 0 Å². The van der Waals surface area contributed by atoms with Gasteiger partial charge in [0.15, 0.2) is 0 Å². The van der Waals surface area contributed by atoms with Crippen LogP contribution in [0.1, 0.15) is 32.6 Å². The minimum atomic E-state index is -0.996. The van der Waals surface area contributed by atoms with Crippen LogP contribution in [0.15, 0.2) is 60.7 Å². The van der Waals surface area contributed by atoms with Gasteiger partial charge in [0.2, 0.25) is 5.91 Å². The molecule has 7 nitrogen and oxygen atoms in total. The van der Waals surface area contributed by atoms with E-state index in [1.165, 1.54) is 12.1 Å². The van der Waals surface area contributed by atoms with Gasteiger partial charge in [0, 0.05) is 28.8 Å². The monoisotopic (exact) mass is 444 g/mol. The lowest BCUT2D eigenvalue weighted by Crippen LogP contribution is -2.12. The number of aliphatic carboxylic acids is 1. The van der Waals surface area contributed by atoms with Crippen LogP contribution in [0.25, 0.3) is 17.2 Å². The first kappa shape index (κ1) is 22.1. The number of amides is 1. The maximum Gasteiger partial charge on any atom is 0.307 e. The molecule has 0 saturated carbocycles. The first-order chi connectivity index (χ1) is 15.9. The van der Waals surface area contributed by atoms with Crippen molar-refractivity contribution in [3.63, 3.8) is 0 Å². The molecule has 168 valence electrons. The first-order valence-corrected chi connectivity index (χ1v) is 10.5. The molecule has 3 aromatic rings. The van der Waals surface area contributed by atoms with Crippen LogP contribution in [-0.2, 0) is 24.4 Å². The Morgan fingerprint density at radius 2 is 1.91 bits per heavy atom. The predicted molar refractivity (Wildman–Crippen MR) is 125 cm³/mol. The summed E-state index contributed by atoms with van der Waals surface area (Å²) in [6, 6.07) is 16.4. The van der Waals surface area contributed by atoms with Crippen molar-refractivity contribution in [2.45, 2.75) is 19.6 Å². The summed E-state index contributed by atoms with van der Waals surface area (Å²) in [5.41, 5.74) is 16.6. The Hall–Kier alpha value is -4.10. The van der Waals surface area contributed by atoms with Crippen LogP contribution < -0.4 is 20.9 Å². The van der Waals surface area contributed by atoms with Crippen molar-refractivity contribution in [3.05, 3.63) is 88.5 Å². The molecule has 4 rings (SSSR count). The summed E-state index contributed by atoms with van der Waals surface area (Å²) in [6.07, 6.45) is 3.71. The second-order valence-electron chi connectivity index (χ2n) is 7.73. The van der Waals surface area contributed by atoms with Gasteiger partial charge in [0.25, 0.3) is 0 Å². The van der Waals surface area contributed by atoms with E-state index in [4.69, 9.17) is 20.9 Å². The van der Waals surface area contributed by atoms with Gasteiger partial charge in [-0.05, 0) is 53.1 Å². The largest absolute Gasteiger partial charge is 0.489 e. The molecule has 1 aliphatic rings. The molecule has 0 bridgehead atoms. The fraction of sp³-hybridized carbons (Fsp3) is 0.154. The van der Waals surface area contributed by atoms with Crippen LogP contribution in [0.4, 0.5) is 0 Å². The van der Waals surface area contributed by atoms with Crippen molar-refractivity contribution in [2.24, 2.45) is 11.5 Å². The number of hydrogen-bond acceptors (Lipinski definition) is 5. The third kappa shape index (κ3) is 5.05. The number of carbonyl (C=O) groups is 2. The highest BCUT2D eigenvalue weighted by molar-refractivity contribution is 5.93. The third-order valence-electron chi connectivity index (χ3n) is 5.36. The molecule has 3 aromatic carbocycles. The van der Waals surface area contributed by atoms with Crippen molar-refractivity contribution in [3.8, 4) is 22.6 Å². The Bertz CT molecular complexity index is 1250. The number of fused-ring (bicyclic) bond motifs is 1. The van der Waals surface area contributed by atoms with Gasteiger partial charge in [-0.25, -0.2) is 0 Å². The number of carbonyl (C=O) groups excluding carboxylic acids is 1. The van der Waals surface area contributed by atoms with E-state index in [9.17, 15) is 14.7 Å². The molecule has 33 heavy (non-hydrogen) atoms. The zero-order valence-electron chi connectivity index (χ0n) is 17.9. The Morgan fingerprint density at radius 3 is 2.67 bits per heavy atom. The van der Waals surface area contributed by atoms with E-state index in [-0.39, 0.29) is 18.6 Å². The van der Waals surface area contributed by atoms with Gasteiger partial charge in [-0.2, -0.15) is 0 Å². The van der Waals surface area contributed by atoms with E-state index in [1.54, 1.807) is 6.07 Å². The molecule has 0 fully saturated rings. The number of benzene rings is 3. The zero-order chi connectivity index (χ0) is 23.4. The molecule has 5 N–H and O–H groups in total. The number of rotatable bonds is 8. The number of primary amides is 1. The highest BCUT2D eigenvalue weighted by Crippen LogP contribution is 2.38. The van der Waals surface area contributed by atoms with E-state index in [0.717, 1.165) is 33.6 Å². The first-order valence-electron chi connectivity index (χ1n) is 10.5. The lowest BCUT2D eigenvalue weighted by Gasteiger charge is -2.20. The van der Waals surface area contributed by atoms with Crippen molar-refractivity contribution >= 4 is 18.0 Å². The van der Waals surface area contributed by atoms with Crippen molar-refractivity contribution < 1.29 is 24.2 Å². The second-order valence-corrected chi connectivity index (χ2v) is 7.73. The number of ether oxygens (including phenoxy) is 2. The van der Waals surface area contributed by atoms with Gasteiger partial charge in [-0.1, -0.05) is 30.3 Å². The molecular formula is C26H24N2O5. The number of carboxylic acid groups (broad SMARTS) is 1. The molecule has 1 amide bonds. The quantitative estimate of drug-likeness (QED) is 0.488. The second kappa shape index (κ2) is 9.58. The Labute approximate surface area is 191 Å². The molecule has 7 heteroatoms. The molecular weight excluding hydrogens is 420 g/mol. The average molecular weight is 444 g/mol. The van der Waals surface area contributed by atoms with Gasteiger partial charge in [-0.15, -0.1) is 0 Å². The standard InChI is InChI=1S/C26H24N2O5/c27-14-16-3-1-4-18(9-16)22-11-17(10-20-5-2-8-32-25(20)22)15-33-23-12-21(26(28)31)7-6-19(23)13-24(29)30/h1-7,9-12H,8,13-15,27H2,(H2,28,31)(H,29,30). The van der Waals surface area contributed by atoms with E-state index in [1.807, 2.05) is 48.6 Å². The normalized spacial score (nSPS) is 12.0. The van der Waals surface area contributed by atoms with Crippen LogP contribution in [-0.4, -0.2) is 23.6 Å². The molecule has 0 unspecified atom stereocenters. The van der Waals surface area contributed by atoms with Crippen LogP contribution >= 0.6 is 0 Å². The maximum atomic E-state index is 11.6. The third-order valence-corrected chi connectivity index (χ3v) is 5.36. The Kier molecular flexibility index (Phi) is 6.42. The minimum Gasteiger partial charge on any atom is -0.489 e. The summed E-state index contributed by atoms with van der Waals surface area (Å²) in [5, 5.41) is 9.22. The molecule has 0 radical (unpaired) electrons. The van der Waals surface area contributed by atoms with Gasteiger partial charge in [-0.3, -0.25) is 9.59 Å². The fourth-order valence-electron chi connectivity index (χ4n) is 3.78. The van der Waals surface area contributed by atoms with Crippen LogP contribution in [0, 0.1) is 0 Å². The lowest BCUT2D eigenvalue weighted by molar-refractivity contribution is -0.136. The SMILES string of the molecule is NCc1cccc(-c2cc(COc3cc(C(N)=O)ccc3CC(=O)O)cc3c2OCC=C3)c1. The lowest BCUT2D eigenvalue weighted by atomic mass is 9.96. The van der Waals surface area contributed by atoms with Crippen LogP contribution in [0.5, 0.6) is 11.5 Å². The van der Waals surface area contributed by atoms with E-state index in [2.05, 4.69) is 0 Å². The van der Waals surface area contributed by atoms with Crippen LogP contribution in [0.3, 0.4) is 0 Å². The van der Waals surface area contributed by atoms with Gasteiger partial charge < -0.3 is 26.0 Å². The number of nitrogens with two attached hydrogens (primary N) is 2. The van der Waals surface area contributed by atoms with Gasteiger partial charge in [0.1, 0.15) is 24.7 Å². The maximum absolute atomic E-state index is 11.6. The molecule has 0 aromatic heterocycles. The summed E-state index contributed by atoms with van der Waals surface area (Å²) in [6.45, 7) is 1.09.